The first kappa shape index (κ1) is 16.3. The molecule has 0 amide bonds. The first-order valence-corrected chi connectivity index (χ1v) is 8.30. The summed E-state index contributed by atoms with van der Waals surface area (Å²) in [4.78, 5) is 25.4. The lowest BCUT2D eigenvalue weighted by atomic mass is 9.94. The normalized spacial score (nSPS) is 13.3. The third-order valence-electron chi connectivity index (χ3n) is 3.95. The lowest BCUT2D eigenvalue weighted by molar-refractivity contribution is 0.0867. The van der Waals surface area contributed by atoms with E-state index in [0.29, 0.717) is 16.8 Å². The number of benzene rings is 2. The van der Waals surface area contributed by atoms with Gasteiger partial charge in [-0.25, -0.2) is 4.68 Å². The number of allylic oxidation sites excluding steroid dienone is 2. The van der Waals surface area contributed by atoms with Crippen LogP contribution in [0.1, 0.15) is 26.4 Å². The molecule has 4 rings (SSSR count). The van der Waals surface area contributed by atoms with E-state index in [4.69, 9.17) is 4.74 Å². The van der Waals surface area contributed by atoms with Crippen molar-refractivity contribution >= 4 is 24.2 Å². The van der Waals surface area contributed by atoms with Gasteiger partial charge >= 0.3 is 0 Å². The number of thiol groups is 1. The second-order valence-corrected chi connectivity index (χ2v) is 6.22. The maximum Gasteiger partial charge on any atom is 0.228 e. The molecule has 7 heteroatoms. The van der Waals surface area contributed by atoms with E-state index in [1.807, 2.05) is 24.3 Å². The molecular formula is C19H13N3O3S. The largest absolute Gasteiger partial charge is 0.483 e. The lowest BCUT2D eigenvalue weighted by Crippen LogP contribution is -2.18. The van der Waals surface area contributed by atoms with Gasteiger partial charge in [-0.3, -0.25) is 9.59 Å². The summed E-state index contributed by atoms with van der Waals surface area (Å²) in [6, 6.07) is 14.1. The van der Waals surface area contributed by atoms with Gasteiger partial charge in [0, 0.05) is 22.1 Å². The highest BCUT2D eigenvalue weighted by Crippen LogP contribution is 2.22. The molecule has 0 spiro atoms. The molecule has 0 atom stereocenters. The Morgan fingerprint density at radius 2 is 1.73 bits per heavy atom. The van der Waals surface area contributed by atoms with E-state index >= 15 is 0 Å². The lowest BCUT2D eigenvalue weighted by Gasteiger charge is -2.14. The number of carbonyl (C=O) groups is 2. The van der Waals surface area contributed by atoms with E-state index in [9.17, 15) is 9.59 Å². The molecule has 1 aliphatic carbocycles. The van der Waals surface area contributed by atoms with E-state index in [1.54, 1.807) is 35.1 Å². The smallest absolute Gasteiger partial charge is 0.228 e. The highest BCUT2D eigenvalue weighted by Gasteiger charge is 2.26. The molecule has 0 saturated heterocycles. The third-order valence-corrected chi connectivity index (χ3v) is 4.25. The van der Waals surface area contributed by atoms with E-state index in [1.165, 1.54) is 6.08 Å². The van der Waals surface area contributed by atoms with Crippen molar-refractivity contribution in [3.05, 3.63) is 83.4 Å². The standard InChI is InChI=1S/C19H13N3O3S/c23-17-9-18(19(24)16-4-2-1-3-15(16)17)25-11-12-10-22(21-20-12)13-5-7-14(26)8-6-13/h1-10,26H,11H2. The molecule has 0 radical (unpaired) electrons. The molecule has 2 aromatic carbocycles. The minimum absolute atomic E-state index is 0.0164. The van der Waals surface area contributed by atoms with E-state index in [2.05, 4.69) is 22.9 Å². The van der Waals surface area contributed by atoms with Crippen LogP contribution in [0.3, 0.4) is 0 Å². The molecule has 1 aliphatic rings. The fraction of sp³-hybridized carbons (Fsp3) is 0.0526. The van der Waals surface area contributed by atoms with Crippen molar-refractivity contribution in [1.82, 2.24) is 15.0 Å². The number of hydrogen-bond acceptors (Lipinski definition) is 6. The van der Waals surface area contributed by atoms with Crippen LogP contribution in [-0.4, -0.2) is 26.6 Å². The summed E-state index contributed by atoms with van der Waals surface area (Å²) in [7, 11) is 0. The highest BCUT2D eigenvalue weighted by molar-refractivity contribution is 7.80. The van der Waals surface area contributed by atoms with Gasteiger partial charge in [0.1, 0.15) is 12.3 Å². The number of nitrogens with zero attached hydrogens (tertiary/aromatic N) is 3. The molecular weight excluding hydrogens is 350 g/mol. The Morgan fingerprint density at radius 1 is 1.00 bits per heavy atom. The van der Waals surface area contributed by atoms with Crippen molar-refractivity contribution < 1.29 is 14.3 Å². The van der Waals surface area contributed by atoms with E-state index in [0.717, 1.165) is 10.6 Å². The number of aromatic nitrogens is 3. The molecule has 128 valence electrons. The maximum atomic E-state index is 12.4. The van der Waals surface area contributed by atoms with Gasteiger partial charge in [-0.1, -0.05) is 29.5 Å². The molecule has 0 aliphatic heterocycles. The second-order valence-electron chi connectivity index (χ2n) is 5.71. The van der Waals surface area contributed by atoms with Crippen molar-refractivity contribution in [1.29, 1.82) is 0 Å². The number of carbonyl (C=O) groups excluding carboxylic acids is 2. The van der Waals surface area contributed by atoms with Gasteiger partial charge in [-0.15, -0.1) is 17.7 Å². The van der Waals surface area contributed by atoms with Crippen LogP contribution >= 0.6 is 12.6 Å². The van der Waals surface area contributed by atoms with Gasteiger partial charge in [-0.05, 0) is 24.3 Å². The summed E-state index contributed by atoms with van der Waals surface area (Å²) in [5.74, 6) is -0.537. The average molecular weight is 363 g/mol. The Balaban J connectivity index is 1.49. The summed E-state index contributed by atoms with van der Waals surface area (Å²) in [6.45, 7) is 0.0394. The molecule has 0 bridgehead atoms. The van der Waals surface area contributed by atoms with Gasteiger partial charge in [0.25, 0.3) is 0 Å². The van der Waals surface area contributed by atoms with Crippen LogP contribution in [0.4, 0.5) is 0 Å². The van der Waals surface area contributed by atoms with Crippen molar-refractivity contribution in [2.75, 3.05) is 0 Å². The molecule has 0 unspecified atom stereocenters. The zero-order valence-corrected chi connectivity index (χ0v) is 14.4. The van der Waals surface area contributed by atoms with Crippen molar-refractivity contribution in [2.24, 2.45) is 0 Å². The third kappa shape index (κ3) is 3.04. The Morgan fingerprint density at radius 3 is 2.50 bits per heavy atom. The summed E-state index contributed by atoms with van der Waals surface area (Å²) >= 11 is 4.25. The molecule has 3 aromatic rings. The number of rotatable bonds is 4. The predicted octanol–water partition coefficient (Wildman–Crippen LogP) is 3.04. The highest BCUT2D eigenvalue weighted by atomic mass is 32.1. The Bertz CT molecular complexity index is 1040. The Hall–Kier alpha value is -3.19. The van der Waals surface area contributed by atoms with Crippen LogP contribution in [0.15, 0.2) is 71.5 Å². The minimum Gasteiger partial charge on any atom is -0.483 e. The van der Waals surface area contributed by atoms with Gasteiger partial charge in [0.05, 0.1) is 11.9 Å². The summed E-state index contributed by atoms with van der Waals surface area (Å²) in [5.41, 5.74) is 2.12. The summed E-state index contributed by atoms with van der Waals surface area (Å²) in [6.07, 6.45) is 2.93. The minimum atomic E-state index is -0.308. The monoisotopic (exact) mass is 363 g/mol. The van der Waals surface area contributed by atoms with Crippen LogP contribution in [0, 0.1) is 0 Å². The summed E-state index contributed by atoms with van der Waals surface area (Å²) in [5, 5.41) is 8.07. The SMILES string of the molecule is O=C1C=C(OCc2cn(-c3ccc(S)cc3)nn2)C(=O)c2ccccc21. The fourth-order valence-electron chi connectivity index (χ4n) is 2.65. The number of hydrogen-bond donors (Lipinski definition) is 1. The Labute approximate surface area is 154 Å². The average Bonchev–Trinajstić information content (AvgIpc) is 3.13. The zero-order chi connectivity index (χ0) is 18.1. The molecule has 6 nitrogen and oxygen atoms in total. The number of Topliss-reactive ketones (excluding diaryl/α,β-unsaturated/α-hetero) is 1. The van der Waals surface area contributed by atoms with Crippen LogP contribution in [0.2, 0.25) is 0 Å². The Kier molecular flexibility index (Phi) is 4.14. The molecule has 0 saturated carbocycles. The molecule has 1 aromatic heterocycles. The van der Waals surface area contributed by atoms with E-state index < -0.39 is 0 Å². The molecule has 0 fully saturated rings. The van der Waals surface area contributed by atoms with Crippen LogP contribution < -0.4 is 0 Å². The molecule has 26 heavy (non-hydrogen) atoms. The predicted molar refractivity (Wildman–Crippen MR) is 96.6 cm³/mol. The van der Waals surface area contributed by atoms with Gasteiger partial charge in [0.2, 0.25) is 5.78 Å². The number of ketones is 2. The maximum absolute atomic E-state index is 12.4. The fourth-order valence-corrected chi connectivity index (χ4v) is 2.80. The van der Waals surface area contributed by atoms with Gasteiger partial charge < -0.3 is 4.74 Å². The molecule has 0 N–H and O–H groups in total. The quantitative estimate of drug-likeness (QED) is 0.721. The van der Waals surface area contributed by atoms with Crippen LogP contribution in [-0.2, 0) is 11.3 Å². The van der Waals surface area contributed by atoms with Crippen LogP contribution in [0.25, 0.3) is 5.69 Å². The first-order valence-electron chi connectivity index (χ1n) is 7.85. The number of fused-ring (bicyclic) bond motifs is 1. The van der Waals surface area contributed by atoms with Crippen molar-refractivity contribution in [3.8, 4) is 5.69 Å². The summed E-state index contributed by atoms with van der Waals surface area (Å²) < 4.78 is 7.14. The van der Waals surface area contributed by atoms with Gasteiger partial charge in [-0.2, -0.15) is 0 Å². The number of ether oxygens (including phenoxy) is 1. The van der Waals surface area contributed by atoms with Crippen molar-refractivity contribution in [2.45, 2.75) is 11.5 Å². The van der Waals surface area contributed by atoms with Gasteiger partial charge in [0.15, 0.2) is 11.5 Å². The first-order chi connectivity index (χ1) is 12.6. The van der Waals surface area contributed by atoms with Crippen molar-refractivity contribution in [3.63, 3.8) is 0 Å². The zero-order valence-electron chi connectivity index (χ0n) is 13.5. The van der Waals surface area contributed by atoms with E-state index in [-0.39, 0.29) is 23.9 Å². The topological polar surface area (TPSA) is 74.1 Å². The van der Waals surface area contributed by atoms with Crippen LogP contribution in [0.5, 0.6) is 0 Å². The molecule has 1 heterocycles. The second kappa shape index (κ2) is 6.61.